The Morgan fingerprint density at radius 2 is 0.402 bits per heavy atom. The predicted molar refractivity (Wildman–Crippen MR) is 570 cm³/mol. The Morgan fingerprint density at radius 3 is 0.720 bits per heavy atom. The summed E-state index contributed by atoms with van der Waals surface area (Å²) in [5.41, 5.74) is 33.6. The molecular weight excluding hydrogens is 1590 g/mol. The van der Waals surface area contributed by atoms with Gasteiger partial charge in [-0.1, -0.05) is 306 Å². The van der Waals surface area contributed by atoms with Crippen LogP contribution in [0, 0.1) is 0 Å². The Morgan fingerprint density at radius 1 is 0.159 bits per heavy atom. The second-order valence-electron chi connectivity index (χ2n) is 40.3. The van der Waals surface area contributed by atoms with Crippen molar-refractivity contribution >= 4 is 179 Å². The summed E-state index contributed by atoms with van der Waals surface area (Å²) in [6.07, 6.45) is 4.33. The summed E-state index contributed by atoms with van der Waals surface area (Å²) < 4.78 is 7.76. The zero-order valence-electron chi connectivity index (χ0n) is 76.7. The van der Waals surface area contributed by atoms with Crippen LogP contribution in [0.1, 0.15) is 175 Å². The zero-order valence-corrected chi connectivity index (χ0v) is 76.7. The molecule has 0 aliphatic rings. The number of aromatic nitrogens is 3. The Kier molecular flexibility index (Phi) is 17.8. The van der Waals surface area contributed by atoms with Crippen LogP contribution in [0.5, 0.6) is 0 Å². The SMILES string of the molecule is CC(C)c1ccc(-c2cc3c4cc5cc(C(C)C)ccc5cc4n4c5cc6ccc(C(C)CCC(C)c7ccc8cc9c(cc8c7)c7cc(-c8ccccc8-c8ccccc8)cc8c%10cc%11cc(C(C)CCC(C)c%12ccc%13cc%14c(cc%13c%12)c%12cc(-c%13cccc(-c%15ccccc%15)c%13)cc%13c%15cc%16cc(C(C)C)ccc%16cc%15n%14c%13%12)ccc%11cc%10n9c78)cc6cc5c(c2)c34)cc1. The largest absolute Gasteiger partial charge is 0.308 e. The number of rotatable bonds is 18. The Bertz CT molecular complexity index is 9190. The van der Waals surface area contributed by atoms with Crippen molar-refractivity contribution in [1.29, 1.82) is 0 Å². The van der Waals surface area contributed by atoms with Gasteiger partial charge in [0, 0.05) is 64.6 Å². The third-order valence-electron chi connectivity index (χ3n) is 31.3. The van der Waals surface area contributed by atoms with Gasteiger partial charge >= 0.3 is 0 Å². The van der Waals surface area contributed by atoms with E-state index in [4.69, 9.17) is 0 Å². The molecule has 0 fully saturated rings. The molecule has 0 saturated carbocycles. The fourth-order valence-electron chi connectivity index (χ4n) is 23.5. The minimum Gasteiger partial charge on any atom is -0.308 e. The van der Waals surface area contributed by atoms with Crippen LogP contribution in [0.4, 0.5) is 0 Å². The van der Waals surface area contributed by atoms with Crippen molar-refractivity contribution in [2.45, 2.75) is 136 Å². The minimum atomic E-state index is 0.362. The number of nitrogens with zero attached hydrogens (tertiary/aromatic N) is 3. The number of benzene rings is 20. The van der Waals surface area contributed by atoms with E-state index in [1.807, 2.05) is 0 Å². The molecule has 132 heavy (non-hydrogen) atoms. The first-order valence-electron chi connectivity index (χ1n) is 48.3. The van der Waals surface area contributed by atoms with E-state index < -0.39 is 0 Å². The lowest BCUT2D eigenvalue weighted by atomic mass is 9.87. The number of hydrogen-bond donors (Lipinski definition) is 0. The van der Waals surface area contributed by atoms with Gasteiger partial charge in [-0.2, -0.15) is 0 Å². The molecule has 3 heteroatoms. The monoisotopic (exact) mass is 1690 g/mol. The van der Waals surface area contributed by atoms with Gasteiger partial charge in [0.25, 0.3) is 0 Å². The van der Waals surface area contributed by atoms with Gasteiger partial charge in [0.15, 0.2) is 0 Å². The highest BCUT2D eigenvalue weighted by Gasteiger charge is 2.28. The third kappa shape index (κ3) is 12.4. The highest BCUT2D eigenvalue weighted by Crippen LogP contribution is 2.51. The average Bonchev–Trinajstić information content (AvgIpc) is 1.54. The molecule has 0 spiro atoms. The predicted octanol–water partition coefficient (Wildman–Crippen LogP) is 37.1. The van der Waals surface area contributed by atoms with Gasteiger partial charge < -0.3 is 13.2 Å². The number of fused-ring (bicyclic) bond motifs is 24. The molecule has 0 saturated heterocycles. The Labute approximate surface area is 769 Å². The van der Waals surface area contributed by atoms with Gasteiger partial charge in [-0.15, -0.1) is 0 Å². The quantitative estimate of drug-likeness (QED) is 0.0812. The smallest absolute Gasteiger partial charge is 0.0620 e. The van der Waals surface area contributed by atoms with Crippen molar-refractivity contribution in [3.63, 3.8) is 0 Å². The van der Waals surface area contributed by atoms with Crippen LogP contribution in [0.25, 0.3) is 235 Å². The minimum absolute atomic E-state index is 0.362. The van der Waals surface area contributed by atoms with Crippen molar-refractivity contribution in [1.82, 2.24) is 13.2 Å². The molecule has 4 atom stereocenters. The molecule has 26 rings (SSSR count). The van der Waals surface area contributed by atoms with E-state index in [9.17, 15) is 0 Å². The summed E-state index contributed by atoms with van der Waals surface area (Å²) >= 11 is 0. The summed E-state index contributed by atoms with van der Waals surface area (Å²) in [6.45, 7) is 23.5. The zero-order chi connectivity index (χ0) is 88.5. The molecule has 0 amide bonds. The van der Waals surface area contributed by atoms with Gasteiger partial charge in [0.1, 0.15) is 0 Å². The van der Waals surface area contributed by atoms with E-state index in [1.54, 1.807) is 0 Å². The number of hydrogen-bond acceptors (Lipinski definition) is 0. The molecule has 634 valence electrons. The lowest BCUT2D eigenvalue weighted by Gasteiger charge is -2.18. The molecular formula is C129H103N3. The van der Waals surface area contributed by atoms with Crippen molar-refractivity contribution < 1.29 is 0 Å². The van der Waals surface area contributed by atoms with Crippen LogP contribution in [0.2, 0.25) is 0 Å². The fourth-order valence-corrected chi connectivity index (χ4v) is 23.5. The van der Waals surface area contributed by atoms with Crippen LogP contribution in [-0.4, -0.2) is 13.2 Å². The van der Waals surface area contributed by atoms with E-state index >= 15 is 0 Å². The first-order chi connectivity index (χ1) is 64.5. The first-order valence-corrected chi connectivity index (χ1v) is 48.3. The van der Waals surface area contributed by atoms with E-state index in [0.717, 1.165) is 25.7 Å². The first kappa shape index (κ1) is 78.4. The van der Waals surface area contributed by atoms with E-state index in [2.05, 4.69) is 434 Å². The van der Waals surface area contributed by atoms with Crippen molar-refractivity contribution in [3.05, 3.63) is 391 Å². The Balaban J connectivity index is 0.505. The normalized spacial score (nSPS) is 13.6. The molecule has 6 heterocycles. The average molecular weight is 1700 g/mol. The van der Waals surface area contributed by atoms with E-state index in [0.29, 0.717) is 41.4 Å². The lowest BCUT2D eigenvalue weighted by molar-refractivity contribution is 0.574. The van der Waals surface area contributed by atoms with Gasteiger partial charge in [-0.25, -0.2) is 0 Å². The van der Waals surface area contributed by atoms with Gasteiger partial charge in [-0.05, 0) is 342 Å². The van der Waals surface area contributed by atoms with Crippen LogP contribution in [0.15, 0.2) is 352 Å². The standard InChI is InChI=1S/C129H103N3/c1-73(2)80-32-34-82(35-33-80)104-61-115-109-55-98-48-84(74(3)4)36-42-92(98)67-121(109)130-123-69-94-44-38-86(50-100(94)57-111(123)116(62-104)127(115)130)76(7)28-30-78(9)88-40-46-96-71-125-113(59-102(96)52-88)119-65-106(108-27-18-17-26-107(108)83-22-15-12-16-23-83)66-120-114-60-103-53-89(41-47-97(103)72-126(114)132(125)129(119)120)79(10)31-29-77(8)87-39-45-95-70-124-112(58-101(95)51-87)118-64-105(91-25-19-24-90(54-91)81-20-13-11-14-21-81)63-117-110-56-99-49-85(75(5)6)37-43-93(99)68-122(110)131(124)128(117)118/h11-27,32-79H,28-31H2,1-10H3. The van der Waals surface area contributed by atoms with Crippen LogP contribution in [-0.2, 0) is 0 Å². The van der Waals surface area contributed by atoms with Crippen molar-refractivity contribution in [2.75, 3.05) is 0 Å². The van der Waals surface area contributed by atoms with Crippen molar-refractivity contribution in [3.8, 4) is 55.6 Å². The van der Waals surface area contributed by atoms with Crippen LogP contribution < -0.4 is 0 Å². The maximum absolute atomic E-state index is 2.61. The highest BCUT2D eigenvalue weighted by atomic mass is 14.9. The third-order valence-corrected chi connectivity index (χ3v) is 31.3. The van der Waals surface area contributed by atoms with Crippen molar-refractivity contribution in [2.24, 2.45) is 0 Å². The molecule has 3 nitrogen and oxygen atoms in total. The van der Waals surface area contributed by atoms with Crippen LogP contribution in [0.3, 0.4) is 0 Å². The summed E-state index contributed by atoms with van der Waals surface area (Å²) in [5, 5.41) is 31.1. The second-order valence-corrected chi connectivity index (χ2v) is 40.3. The molecule has 20 aromatic carbocycles. The molecule has 0 bridgehead atoms. The maximum Gasteiger partial charge on any atom is 0.0620 e. The lowest BCUT2D eigenvalue weighted by Crippen LogP contribution is -1.99. The van der Waals surface area contributed by atoms with Gasteiger partial charge in [0.05, 0.1) is 49.7 Å². The second kappa shape index (κ2) is 30.0. The summed E-state index contributed by atoms with van der Waals surface area (Å²) in [5.74, 6) is 2.87. The fraction of sp³-hybridized carbons (Fsp3) is 0.163. The van der Waals surface area contributed by atoms with Gasteiger partial charge in [0.2, 0.25) is 0 Å². The molecule has 0 aliphatic carbocycles. The van der Waals surface area contributed by atoms with Crippen LogP contribution >= 0.6 is 0 Å². The van der Waals surface area contributed by atoms with E-state index in [1.165, 1.54) is 273 Å². The maximum atomic E-state index is 2.61. The highest BCUT2D eigenvalue weighted by molar-refractivity contribution is 6.31. The molecule has 0 N–H and O–H groups in total. The van der Waals surface area contributed by atoms with E-state index in [-0.39, 0.29) is 0 Å². The molecule has 0 aliphatic heterocycles. The molecule has 26 aromatic rings. The summed E-state index contributed by atoms with van der Waals surface area (Å²) in [4.78, 5) is 0. The molecule has 4 unspecified atom stereocenters. The molecule has 0 radical (unpaired) electrons. The Hall–Kier alpha value is -14.6. The summed E-state index contributed by atoms with van der Waals surface area (Å²) in [6, 6.07) is 137. The summed E-state index contributed by atoms with van der Waals surface area (Å²) in [7, 11) is 0. The molecule has 6 aromatic heterocycles. The van der Waals surface area contributed by atoms with Gasteiger partial charge in [-0.3, -0.25) is 0 Å². The topological polar surface area (TPSA) is 13.2 Å².